The third-order valence-electron chi connectivity index (χ3n) is 5.44. The Morgan fingerprint density at radius 1 is 0.971 bits per heavy atom. The van der Waals surface area contributed by atoms with E-state index < -0.39 is 16.0 Å². The molecule has 3 rings (SSSR count). The minimum Gasteiger partial charge on any atom is -0.462 e. The van der Waals surface area contributed by atoms with E-state index in [2.05, 4.69) is 5.32 Å². The maximum atomic E-state index is 12.7. The fraction of sp³-hybridized carbons (Fsp3) is 0.231. The van der Waals surface area contributed by atoms with Crippen LogP contribution in [0, 0.1) is 13.8 Å². The van der Waals surface area contributed by atoms with Crippen LogP contribution in [0.3, 0.4) is 0 Å². The molecule has 3 aromatic rings. The topological polar surface area (TPSA) is 92.8 Å². The van der Waals surface area contributed by atoms with Crippen molar-refractivity contribution in [1.29, 1.82) is 0 Å². The fourth-order valence-electron chi connectivity index (χ4n) is 3.38. The summed E-state index contributed by atoms with van der Waals surface area (Å²) >= 11 is 6.07. The number of carbonyl (C=O) groups excluding carboxylic acids is 2. The first-order chi connectivity index (χ1) is 16.5. The predicted octanol–water partition coefficient (Wildman–Crippen LogP) is 5.35. The Kier molecular flexibility index (Phi) is 8.19. The number of aryl methyl sites for hydroxylation is 2. The Morgan fingerprint density at radius 3 is 2.26 bits per heavy atom. The number of carbonyl (C=O) groups is 2. The summed E-state index contributed by atoms with van der Waals surface area (Å²) in [5.41, 5.74) is 4.31. The molecule has 0 saturated carbocycles. The fourth-order valence-corrected chi connectivity index (χ4v) is 4.45. The number of anilines is 2. The van der Waals surface area contributed by atoms with Gasteiger partial charge in [-0.2, -0.15) is 0 Å². The molecular formula is C26H27ClN2O5S. The number of benzene rings is 3. The van der Waals surface area contributed by atoms with E-state index in [1.807, 2.05) is 26.0 Å². The number of hydrogen-bond acceptors (Lipinski definition) is 5. The summed E-state index contributed by atoms with van der Waals surface area (Å²) in [6, 6.07) is 16.7. The highest BCUT2D eigenvalue weighted by Crippen LogP contribution is 2.25. The maximum absolute atomic E-state index is 12.7. The molecule has 1 amide bonds. The van der Waals surface area contributed by atoms with Gasteiger partial charge >= 0.3 is 5.97 Å². The van der Waals surface area contributed by atoms with E-state index in [4.69, 9.17) is 16.3 Å². The lowest BCUT2D eigenvalue weighted by Crippen LogP contribution is -2.29. The molecule has 0 spiro atoms. The van der Waals surface area contributed by atoms with Gasteiger partial charge in [0, 0.05) is 11.3 Å². The third-order valence-corrected chi connectivity index (χ3v) is 6.91. The third kappa shape index (κ3) is 6.61. The molecule has 0 aliphatic heterocycles. The summed E-state index contributed by atoms with van der Waals surface area (Å²) < 4.78 is 31.3. The average Bonchev–Trinajstić information content (AvgIpc) is 2.80. The van der Waals surface area contributed by atoms with E-state index in [0.717, 1.165) is 16.7 Å². The molecule has 0 unspecified atom stereocenters. The van der Waals surface area contributed by atoms with Gasteiger partial charge in [0.15, 0.2) is 0 Å². The minimum atomic E-state index is -3.53. The normalized spacial score (nSPS) is 11.1. The highest BCUT2D eigenvalue weighted by Gasteiger charge is 2.19. The van der Waals surface area contributed by atoms with Gasteiger partial charge < -0.3 is 10.1 Å². The second-order valence-electron chi connectivity index (χ2n) is 8.10. The smallest absolute Gasteiger partial charge is 0.339 e. The quantitative estimate of drug-likeness (QED) is 0.409. The van der Waals surface area contributed by atoms with E-state index in [1.165, 1.54) is 22.7 Å². The predicted molar refractivity (Wildman–Crippen MR) is 139 cm³/mol. The van der Waals surface area contributed by atoms with Gasteiger partial charge in [0.2, 0.25) is 10.0 Å². The Labute approximate surface area is 210 Å². The molecule has 1 N–H and O–H groups in total. The van der Waals surface area contributed by atoms with Crippen LogP contribution in [0.25, 0.3) is 0 Å². The standard InChI is InChI=1S/C26H27ClN2O5S/c1-5-34-26(31)23-15-21(11-13-24(23)27)28-25(30)20-9-7-19(8-10-20)16-29(35(4,32)33)22-12-6-17(2)18(3)14-22/h6-15H,5,16H2,1-4H3,(H,28,30). The van der Waals surface area contributed by atoms with Crippen LogP contribution in [0.15, 0.2) is 60.7 Å². The Balaban J connectivity index is 1.77. The lowest BCUT2D eigenvalue weighted by Gasteiger charge is -2.23. The highest BCUT2D eigenvalue weighted by atomic mass is 35.5. The first kappa shape index (κ1) is 26.2. The zero-order valence-corrected chi connectivity index (χ0v) is 21.5. The number of esters is 1. The molecule has 0 aromatic heterocycles. The molecule has 35 heavy (non-hydrogen) atoms. The molecule has 9 heteroatoms. The van der Waals surface area contributed by atoms with Crippen molar-refractivity contribution in [3.05, 3.63) is 93.5 Å². The second-order valence-corrected chi connectivity index (χ2v) is 10.4. The highest BCUT2D eigenvalue weighted by molar-refractivity contribution is 7.92. The zero-order chi connectivity index (χ0) is 25.8. The van der Waals surface area contributed by atoms with Crippen LogP contribution < -0.4 is 9.62 Å². The first-order valence-electron chi connectivity index (χ1n) is 10.9. The Morgan fingerprint density at radius 2 is 1.66 bits per heavy atom. The summed E-state index contributed by atoms with van der Waals surface area (Å²) in [7, 11) is -3.53. The molecule has 7 nitrogen and oxygen atoms in total. The van der Waals surface area contributed by atoms with Crippen LogP contribution in [0.1, 0.15) is 44.3 Å². The molecule has 0 bridgehead atoms. The molecule has 0 radical (unpaired) electrons. The number of rotatable bonds is 8. The van der Waals surface area contributed by atoms with Crippen LogP contribution in [-0.4, -0.2) is 33.2 Å². The van der Waals surface area contributed by atoms with Gasteiger partial charge in [-0.1, -0.05) is 29.8 Å². The zero-order valence-electron chi connectivity index (χ0n) is 20.0. The van der Waals surface area contributed by atoms with Crippen LogP contribution in [0.5, 0.6) is 0 Å². The van der Waals surface area contributed by atoms with Crippen molar-refractivity contribution in [1.82, 2.24) is 0 Å². The van der Waals surface area contributed by atoms with Crippen LogP contribution in [0.4, 0.5) is 11.4 Å². The molecule has 3 aromatic carbocycles. The van der Waals surface area contributed by atoms with Crippen molar-refractivity contribution in [3.8, 4) is 0 Å². The van der Waals surface area contributed by atoms with Gasteiger partial charge in [-0.15, -0.1) is 0 Å². The van der Waals surface area contributed by atoms with Crippen molar-refractivity contribution >= 4 is 44.9 Å². The summed E-state index contributed by atoms with van der Waals surface area (Å²) in [6.45, 7) is 5.93. The van der Waals surface area contributed by atoms with Gasteiger partial charge in [0.25, 0.3) is 5.91 Å². The number of nitrogens with one attached hydrogen (secondary N) is 1. The van der Waals surface area contributed by atoms with E-state index >= 15 is 0 Å². The molecule has 0 heterocycles. The Bertz CT molecular complexity index is 1350. The lowest BCUT2D eigenvalue weighted by atomic mass is 10.1. The minimum absolute atomic E-state index is 0.128. The number of halogens is 1. The molecule has 0 aliphatic carbocycles. The largest absolute Gasteiger partial charge is 0.462 e. The van der Waals surface area contributed by atoms with E-state index in [-0.39, 0.29) is 29.6 Å². The van der Waals surface area contributed by atoms with E-state index in [1.54, 1.807) is 43.3 Å². The maximum Gasteiger partial charge on any atom is 0.339 e. The van der Waals surface area contributed by atoms with Gasteiger partial charge in [-0.05, 0) is 79.9 Å². The average molecular weight is 515 g/mol. The molecule has 0 fully saturated rings. The number of amides is 1. The van der Waals surface area contributed by atoms with Gasteiger partial charge in [-0.3, -0.25) is 9.10 Å². The number of sulfonamides is 1. The number of nitrogens with zero attached hydrogens (tertiary/aromatic N) is 1. The number of hydrogen-bond donors (Lipinski definition) is 1. The van der Waals surface area contributed by atoms with Crippen molar-refractivity contribution in [3.63, 3.8) is 0 Å². The summed E-state index contributed by atoms with van der Waals surface area (Å²) in [4.78, 5) is 24.8. The van der Waals surface area contributed by atoms with E-state index in [9.17, 15) is 18.0 Å². The lowest BCUT2D eigenvalue weighted by molar-refractivity contribution is 0.0526. The summed E-state index contributed by atoms with van der Waals surface area (Å²) in [5.74, 6) is -0.958. The SMILES string of the molecule is CCOC(=O)c1cc(NC(=O)c2ccc(CN(c3ccc(C)c(C)c3)S(C)(=O)=O)cc2)ccc1Cl. The molecule has 184 valence electrons. The van der Waals surface area contributed by atoms with Gasteiger partial charge in [-0.25, -0.2) is 13.2 Å². The van der Waals surface area contributed by atoms with Gasteiger partial charge in [0.1, 0.15) is 0 Å². The van der Waals surface area contributed by atoms with Crippen molar-refractivity contribution in [2.75, 3.05) is 22.5 Å². The monoisotopic (exact) mass is 514 g/mol. The van der Waals surface area contributed by atoms with Crippen molar-refractivity contribution < 1.29 is 22.7 Å². The van der Waals surface area contributed by atoms with Crippen molar-refractivity contribution in [2.24, 2.45) is 0 Å². The Hall–Kier alpha value is -3.36. The summed E-state index contributed by atoms with van der Waals surface area (Å²) in [5, 5.41) is 2.96. The summed E-state index contributed by atoms with van der Waals surface area (Å²) in [6.07, 6.45) is 1.17. The van der Waals surface area contributed by atoms with Crippen molar-refractivity contribution in [2.45, 2.75) is 27.3 Å². The van der Waals surface area contributed by atoms with E-state index in [0.29, 0.717) is 16.9 Å². The molecular weight excluding hydrogens is 488 g/mol. The van der Waals surface area contributed by atoms with Gasteiger partial charge in [0.05, 0.1) is 35.7 Å². The second kappa shape index (κ2) is 10.9. The molecule has 0 saturated heterocycles. The van der Waals surface area contributed by atoms with Crippen LogP contribution >= 0.6 is 11.6 Å². The molecule has 0 atom stereocenters. The first-order valence-corrected chi connectivity index (χ1v) is 13.1. The van der Waals surface area contributed by atoms with Crippen LogP contribution in [-0.2, 0) is 21.3 Å². The number of ether oxygens (including phenoxy) is 1. The van der Waals surface area contributed by atoms with Crippen LogP contribution in [0.2, 0.25) is 5.02 Å². The molecule has 0 aliphatic rings.